The molecule has 2 aromatic rings. The average molecular weight is 406 g/mol. The Hall–Kier alpha value is -1.83. The van der Waals surface area contributed by atoms with Crippen LogP contribution >= 0.6 is 35.3 Å². The number of thiophene rings is 1. The monoisotopic (exact) mass is 405 g/mol. The number of methoxy groups -OCH3 is 2. The summed E-state index contributed by atoms with van der Waals surface area (Å²) in [7, 11) is 3.22. The molecule has 0 bridgehead atoms. The van der Waals surface area contributed by atoms with E-state index in [1.807, 2.05) is 42.6 Å². The van der Waals surface area contributed by atoms with Gasteiger partial charge in [-0.2, -0.15) is 0 Å². The van der Waals surface area contributed by atoms with Crippen LogP contribution in [0.15, 0.2) is 34.6 Å². The van der Waals surface area contributed by atoms with E-state index in [1.54, 1.807) is 30.5 Å². The number of hydrogen-bond donors (Lipinski definition) is 0. The molecule has 0 spiro atoms. The van der Waals surface area contributed by atoms with E-state index in [0.29, 0.717) is 33.7 Å². The van der Waals surface area contributed by atoms with E-state index in [0.717, 1.165) is 10.4 Å². The molecule has 0 aliphatic carbocycles. The van der Waals surface area contributed by atoms with Gasteiger partial charge in [0.1, 0.15) is 4.32 Å². The van der Waals surface area contributed by atoms with Gasteiger partial charge in [-0.05, 0) is 54.1 Å². The fourth-order valence-electron chi connectivity index (χ4n) is 2.62. The van der Waals surface area contributed by atoms with Crippen molar-refractivity contribution in [2.24, 2.45) is 0 Å². The van der Waals surface area contributed by atoms with Crippen molar-refractivity contribution in [3.8, 4) is 11.5 Å². The number of thioether (sulfide) groups is 1. The predicted octanol–water partition coefficient (Wildman–Crippen LogP) is 4.52. The van der Waals surface area contributed by atoms with Crippen molar-refractivity contribution in [2.75, 3.05) is 20.8 Å². The number of rotatable bonds is 6. The second kappa shape index (κ2) is 8.24. The molecule has 0 unspecified atom stereocenters. The van der Waals surface area contributed by atoms with Crippen molar-refractivity contribution in [1.29, 1.82) is 0 Å². The SMILES string of the molecule is COc1ccc(CCN2C(=O)C(=Cc3sccc3C)SC2=S)cc1OC. The maximum absolute atomic E-state index is 12.7. The highest BCUT2D eigenvalue weighted by Crippen LogP contribution is 2.34. The van der Waals surface area contributed by atoms with Crippen LogP contribution in [-0.2, 0) is 11.2 Å². The molecule has 3 rings (SSSR count). The Bertz CT molecular complexity index is 873. The number of carbonyl (C=O) groups is 1. The highest BCUT2D eigenvalue weighted by atomic mass is 32.2. The topological polar surface area (TPSA) is 38.8 Å². The molecule has 1 aromatic heterocycles. The van der Waals surface area contributed by atoms with Gasteiger partial charge in [0.2, 0.25) is 0 Å². The molecule has 26 heavy (non-hydrogen) atoms. The van der Waals surface area contributed by atoms with Gasteiger partial charge < -0.3 is 9.47 Å². The standard InChI is InChI=1S/C19H19NO3S3/c1-12-7-9-25-16(12)11-17-18(21)20(19(24)26-17)8-6-13-4-5-14(22-2)15(10-13)23-3/h4-5,7,9-11H,6,8H2,1-3H3. The van der Waals surface area contributed by atoms with Crippen LogP contribution in [-0.4, -0.2) is 35.9 Å². The van der Waals surface area contributed by atoms with Gasteiger partial charge in [0.25, 0.3) is 5.91 Å². The summed E-state index contributed by atoms with van der Waals surface area (Å²) in [6.45, 7) is 2.58. The highest BCUT2D eigenvalue weighted by Gasteiger charge is 2.31. The Balaban J connectivity index is 1.71. The third-order valence-corrected chi connectivity index (χ3v) is 6.45. The van der Waals surface area contributed by atoms with Crippen LogP contribution in [0, 0.1) is 6.92 Å². The van der Waals surface area contributed by atoms with Gasteiger partial charge in [0.15, 0.2) is 11.5 Å². The van der Waals surface area contributed by atoms with E-state index in [-0.39, 0.29) is 5.91 Å². The van der Waals surface area contributed by atoms with Crippen LogP contribution in [0.4, 0.5) is 0 Å². The number of amides is 1. The van der Waals surface area contributed by atoms with Crippen LogP contribution in [0.5, 0.6) is 11.5 Å². The van der Waals surface area contributed by atoms with Crippen molar-refractivity contribution in [3.05, 3.63) is 50.6 Å². The van der Waals surface area contributed by atoms with Gasteiger partial charge in [-0.3, -0.25) is 9.69 Å². The lowest BCUT2D eigenvalue weighted by Crippen LogP contribution is -2.30. The van der Waals surface area contributed by atoms with Gasteiger partial charge in [-0.25, -0.2) is 0 Å². The largest absolute Gasteiger partial charge is 0.493 e. The number of aryl methyl sites for hydroxylation is 1. The van der Waals surface area contributed by atoms with Crippen molar-refractivity contribution >= 4 is 51.6 Å². The van der Waals surface area contributed by atoms with Crippen molar-refractivity contribution < 1.29 is 14.3 Å². The van der Waals surface area contributed by atoms with Crippen molar-refractivity contribution in [2.45, 2.75) is 13.3 Å². The number of hydrogen-bond acceptors (Lipinski definition) is 6. The van der Waals surface area contributed by atoms with Crippen LogP contribution in [0.3, 0.4) is 0 Å². The second-order valence-electron chi connectivity index (χ2n) is 5.74. The highest BCUT2D eigenvalue weighted by molar-refractivity contribution is 8.26. The molecule has 0 saturated carbocycles. The van der Waals surface area contributed by atoms with Crippen molar-refractivity contribution in [3.63, 3.8) is 0 Å². The minimum Gasteiger partial charge on any atom is -0.493 e. The van der Waals surface area contributed by atoms with E-state index < -0.39 is 0 Å². The molecule has 136 valence electrons. The zero-order valence-corrected chi connectivity index (χ0v) is 17.2. The van der Waals surface area contributed by atoms with E-state index >= 15 is 0 Å². The lowest BCUT2D eigenvalue weighted by molar-refractivity contribution is -0.122. The van der Waals surface area contributed by atoms with Gasteiger partial charge in [-0.1, -0.05) is 30.0 Å². The van der Waals surface area contributed by atoms with E-state index in [2.05, 4.69) is 0 Å². The minimum absolute atomic E-state index is 0.0201. The zero-order chi connectivity index (χ0) is 18.7. The Morgan fingerprint density at radius 1 is 1.19 bits per heavy atom. The maximum atomic E-state index is 12.7. The van der Waals surface area contributed by atoms with Gasteiger partial charge in [-0.15, -0.1) is 11.3 Å². The summed E-state index contributed by atoms with van der Waals surface area (Å²) in [6.07, 6.45) is 2.63. The molecular formula is C19H19NO3S3. The molecule has 4 nitrogen and oxygen atoms in total. The zero-order valence-electron chi connectivity index (χ0n) is 14.8. The lowest BCUT2D eigenvalue weighted by Gasteiger charge is -2.15. The average Bonchev–Trinajstić information content (AvgIpc) is 3.16. The van der Waals surface area contributed by atoms with Gasteiger partial charge >= 0.3 is 0 Å². The summed E-state index contributed by atoms with van der Waals surface area (Å²) >= 11 is 8.41. The Morgan fingerprint density at radius 2 is 1.96 bits per heavy atom. The number of thiocarbonyl (C=S) groups is 1. The maximum Gasteiger partial charge on any atom is 0.266 e. The predicted molar refractivity (Wildman–Crippen MR) is 112 cm³/mol. The first-order valence-electron chi connectivity index (χ1n) is 8.04. The molecule has 2 heterocycles. The third-order valence-electron chi connectivity index (χ3n) is 4.11. The molecule has 1 aromatic carbocycles. The minimum atomic E-state index is -0.0201. The normalized spacial score (nSPS) is 15.8. The number of benzene rings is 1. The summed E-state index contributed by atoms with van der Waals surface area (Å²) in [5, 5.41) is 2.03. The quantitative estimate of drug-likeness (QED) is 0.522. The summed E-state index contributed by atoms with van der Waals surface area (Å²) in [5.74, 6) is 1.35. The third kappa shape index (κ3) is 3.95. The van der Waals surface area contributed by atoms with Crippen LogP contribution < -0.4 is 9.47 Å². The summed E-state index contributed by atoms with van der Waals surface area (Å²) < 4.78 is 11.2. The summed E-state index contributed by atoms with van der Waals surface area (Å²) in [5.41, 5.74) is 2.24. The Morgan fingerprint density at radius 3 is 2.62 bits per heavy atom. The fraction of sp³-hybridized carbons (Fsp3) is 0.263. The molecule has 1 aliphatic heterocycles. The van der Waals surface area contributed by atoms with E-state index in [4.69, 9.17) is 21.7 Å². The first-order valence-corrected chi connectivity index (χ1v) is 10.1. The molecule has 0 atom stereocenters. The van der Waals surface area contributed by atoms with Crippen LogP contribution in [0.25, 0.3) is 6.08 Å². The molecule has 7 heteroatoms. The Kier molecular flexibility index (Phi) is 6.01. The summed E-state index contributed by atoms with van der Waals surface area (Å²) in [6, 6.07) is 7.83. The van der Waals surface area contributed by atoms with Crippen molar-refractivity contribution in [1.82, 2.24) is 4.90 Å². The molecular weight excluding hydrogens is 386 g/mol. The second-order valence-corrected chi connectivity index (χ2v) is 8.36. The first-order chi connectivity index (χ1) is 12.5. The van der Waals surface area contributed by atoms with E-state index in [9.17, 15) is 4.79 Å². The molecule has 0 N–H and O–H groups in total. The molecule has 1 saturated heterocycles. The smallest absolute Gasteiger partial charge is 0.266 e. The Labute approximate surface area is 166 Å². The fourth-order valence-corrected chi connectivity index (χ4v) is 4.84. The number of carbonyl (C=O) groups excluding carboxylic acids is 1. The molecule has 0 radical (unpaired) electrons. The lowest BCUT2D eigenvalue weighted by atomic mass is 10.1. The van der Waals surface area contributed by atoms with Gasteiger partial charge in [0.05, 0.1) is 19.1 Å². The molecule has 1 fully saturated rings. The molecule has 1 aliphatic rings. The number of ether oxygens (including phenoxy) is 2. The van der Waals surface area contributed by atoms with Crippen LogP contribution in [0.2, 0.25) is 0 Å². The first kappa shape index (κ1) is 18.9. The summed E-state index contributed by atoms with van der Waals surface area (Å²) in [4.78, 5) is 16.2. The van der Waals surface area contributed by atoms with Crippen LogP contribution in [0.1, 0.15) is 16.0 Å². The molecule has 1 amide bonds. The van der Waals surface area contributed by atoms with E-state index in [1.165, 1.54) is 17.3 Å². The van der Waals surface area contributed by atoms with Gasteiger partial charge in [0, 0.05) is 11.4 Å². The number of nitrogens with zero attached hydrogens (tertiary/aromatic N) is 1.